The van der Waals surface area contributed by atoms with E-state index < -0.39 is 0 Å². The van der Waals surface area contributed by atoms with Crippen molar-refractivity contribution < 1.29 is 0 Å². The number of fused-ring (bicyclic) bond motifs is 13. The van der Waals surface area contributed by atoms with Crippen LogP contribution in [0, 0.1) is 0 Å². The van der Waals surface area contributed by atoms with Crippen LogP contribution in [0.3, 0.4) is 0 Å². The van der Waals surface area contributed by atoms with E-state index in [0.29, 0.717) is 5.95 Å². The van der Waals surface area contributed by atoms with Crippen molar-refractivity contribution in [1.29, 1.82) is 0 Å². The van der Waals surface area contributed by atoms with E-state index in [1.54, 1.807) is 0 Å². The van der Waals surface area contributed by atoms with Crippen molar-refractivity contribution in [3.63, 3.8) is 0 Å². The van der Waals surface area contributed by atoms with Crippen LogP contribution in [0.15, 0.2) is 132 Å². The summed E-state index contributed by atoms with van der Waals surface area (Å²) in [5, 5.41) is 3.51. The Morgan fingerprint density at radius 1 is 0.628 bits per heavy atom. The lowest BCUT2D eigenvalue weighted by atomic mass is 9.79. The van der Waals surface area contributed by atoms with Crippen LogP contribution in [0.25, 0.3) is 59.7 Å². The van der Waals surface area contributed by atoms with Gasteiger partial charge >= 0.3 is 0 Å². The van der Waals surface area contributed by atoms with Gasteiger partial charge in [-0.15, -0.1) is 11.3 Å². The van der Waals surface area contributed by atoms with Gasteiger partial charge in [0.1, 0.15) is 0 Å². The molecule has 0 N–H and O–H groups in total. The third kappa shape index (κ3) is 3.12. The number of para-hydroxylation sites is 3. The molecule has 1 aliphatic heterocycles. The van der Waals surface area contributed by atoms with E-state index in [9.17, 15) is 0 Å². The maximum absolute atomic E-state index is 5.34. The van der Waals surface area contributed by atoms with Gasteiger partial charge in [0.15, 0.2) is 0 Å². The van der Waals surface area contributed by atoms with E-state index in [0.717, 1.165) is 44.8 Å². The van der Waals surface area contributed by atoms with Gasteiger partial charge in [-0.1, -0.05) is 103 Å². The van der Waals surface area contributed by atoms with Crippen LogP contribution in [0.4, 0.5) is 5.69 Å². The largest absolute Gasteiger partial charge is 0.276 e. The molecule has 8 aromatic rings. The normalized spacial score (nSPS) is 14.9. The SMILES string of the molecule is c1ccc(-c2nc(-n3c4c(c5ccccc53)C3=Nc5ccccc5C3c3c-4sc4ccccc34)nc3ccccc23)cc1. The molecule has 1 unspecified atom stereocenters. The van der Waals surface area contributed by atoms with E-state index in [4.69, 9.17) is 15.0 Å². The Bertz CT molecular complexity index is 2470. The number of nitrogens with zero attached hydrogens (tertiary/aromatic N) is 4. The van der Waals surface area contributed by atoms with E-state index in [1.165, 1.54) is 37.0 Å². The van der Waals surface area contributed by atoms with Crippen molar-refractivity contribution in [3.8, 4) is 27.8 Å². The number of hydrogen-bond donors (Lipinski definition) is 0. The summed E-state index contributed by atoms with van der Waals surface area (Å²) in [6.07, 6.45) is 0. The summed E-state index contributed by atoms with van der Waals surface area (Å²) in [7, 11) is 0. The van der Waals surface area contributed by atoms with Crippen molar-refractivity contribution in [2.45, 2.75) is 5.92 Å². The molecule has 0 saturated heterocycles. The molecule has 0 amide bonds. The Morgan fingerprint density at radius 2 is 1.35 bits per heavy atom. The Morgan fingerprint density at radius 3 is 2.26 bits per heavy atom. The summed E-state index contributed by atoms with van der Waals surface area (Å²) in [6, 6.07) is 44.8. The third-order valence-electron chi connectivity index (χ3n) is 8.87. The van der Waals surface area contributed by atoms with Crippen LogP contribution in [0.5, 0.6) is 0 Å². The van der Waals surface area contributed by atoms with E-state index in [1.807, 2.05) is 17.4 Å². The smallest absolute Gasteiger partial charge is 0.235 e. The van der Waals surface area contributed by atoms with Gasteiger partial charge in [-0.3, -0.25) is 9.56 Å². The molecule has 5 heteroatoms. The van der Waals surface area contributed by atoms with Crippen molar-refractivity contribution in [2.75, 3.05) is 0 Å². The van der Waals surface area contributed by atoms with Gasteiger partial charge < -0.3 is 0 Å². The molecule has 0 bridgehead atoms. The first-order chi connectivity index (χ1) is 21.3. The molecule has 43 heavy (non-hydrogen) atoms. The highest BCUT2D eigenvalue weighted by molar-refractivity contribution is 7.22. The van der Waals surface area contributed by atoms with Crippen LogP contribution in [0.2, 0.25) is 0 Å². The fourth-order valence-electron chi connectivity index (χ4n) is 7.10. The quantitative estimate of drug-likeness (QED) is 0.209. The molecule has 1 aliphatic carbocycles. The zero-order valence-corrected chi connectivity index (χ0v) is 23.7. The molecule has 10 rings (SSSR count). The monoisotopic (exact) mass is 566 g/mol. The molecule has 0 saturated carbocycles. The highest BCUT2D eigenvalue weighted by Crippen LogP contribution is 2.57. The number of thiophene rings is 1. The second kappa shape index (κ2) is 8.57. The first-order valence-electron chi connectivity index (χ1n) is 14.5. The molecule has 3 aromatic heterocycles. The Balaban J connectivity index is 1.37. The lowest BCUT2D eigenvalue weighted by Crippen LogP contribution is -2.18. The lowest BCUT2D eigenvalue weighted by Gasteiger charge is -2.24. The minimum atomic E-state index is 0.0894. The van der Waals surface area contributed by atoms with Gasteiger partial charge in [0.05, 0.1) is 44.6 Å². The molecule has 0 radical (unpaired) electrons. The molecule has 0 fully saturated rings. The van der Waals surface area contributed by atoms with Crippen LogP contribution >= 0.6 is 11.3 Å². The summed E-state index contributed by atoms with van der Waals surface area (Å²) < 4.78 is 3.57. The molecule has 2 aliphatic rings. The Hall–Kier alpha value is -5.39. The summed E-state index contributed by atoms with van der Waals surface area (Å²) in [5.41, 5.74) is 11.1. The maximum atomic E-state index is 5.34. The summed E-state index contributed by atoms with van der Waals surface area (Å²) in [5.74, 6) is 0.763. The predicted octanol–water partition coefficient (Wildman–Crippen LogP) is 9.70. The summed E-state index contributed by atoms with van der Waals surface area (Å²) in [4.78, 5) is 17.2. The molecule has 200 valence electrons. The van der Waals surface area contributed by atoms with Crippen molar-refractivity contribution in [3.05, 3.63) is 144 Å². The molecule has 4 heterocycles. The zero-order chi connectivity index (χ0) is 28.1. The van der Waals surface area contributed by atoms with E-state index in [-0.39, 0.29) is 5.92 Å². The fraction of sp³-hybridized carbons (Fsp3) is 0.0263. The van der Waals surface area contributed by atoms with Crippen LogP contribution in [0.1, 0.15) is 22.6 Å². The lowest BCUT2D eigenvalue weighted by molar-refractivity contribution is 0.984. The standard InChI is InChI=1S/C38H22N4S/c1-2-12-22(13-3-1)34-24-15-5-9-19-28(24)40-38(41-34)42-29-20-10-6-16-25(29)33-35-31(23-14-4-8-18-27(23)39-35)32-26-17-7-11-21-30(26)43-37(32)36(33)42/h1-21,31H. The number of hydrogen-bond acceptors (Lipinski definition) is 4. The molecule has 0 spiro atoms. The maximum Gasteiger partial charge on any atom is 0.235 e. The van der Waals surface area contributed by atoms with Crippen LogP contribution < -0.4 is 0 Å². The topological polar surface area (TPSA) is 43.1 Å². The zero-order valence-electron chi connectivity index (χ0n) is 22.9. The van der Waals surface area contributed by atoms with Crippen LogP contribution in [-0.2, 0) is 0 Å². The number of benzene rings is 5. The fourth-order valence-corrected chi connectivity index (χ4v) is 8.38. The Labute approximate surface area is 251 Å². The molecule has 1 atom stereocenters. The van der Waals surface area contributed by atoms with Gasteiger partial charge in [-0.25, -0.2) is 9.97 Å². The highest BCUT2D eigenvalue weighted by atomic mass is 32.1. The third-order valence-corrected chi connectivity index (χ3v) is 10.1. The van der Waals surface area contributed by atoms with E-state index in [2.05, 4.69) is 126 Å². The minimum Gasteiger partial charge on any atom is -0.276 e. The van der Waals surface area contributed by atoms with Gasteiger partial charge in [-0.05, 0) is 40.8 Å². The van der Waals surface area contributed by atoms with Gasteiger partial charge in [0, 0.05) is 26.6 Å². The first kappa shape index (κ1) is 23.2. The predicted molar refractivity (Wildman–Crippen MR) is 177 cm³/mol. The van der Waals surface area contributed by atoms with Crippen molar-refractivity contribution in [1.82, 2.24) is 14.5 Å². The average Bonchev–Trinajstić information content (AvgIpc) is 3.74. The molecule has 4 nitrogen and oxygen atoms in total. The van der Waals surface area contributed by atoms with Crippen molar-refractivity contribution >= 4 is 54.6 Å². The van der Waals surface area contributed by atoms with Crippen molar-refractivity contribution in [2.24, 2.45) is 4.99 Å². The Kier molecular flexibility index (Phi) is 4.62. The van der Waals surface area contributed by atoms with Gasteiger partial charge in [-0.2, -0.15) is 0 Å². The number of aromatic nitrogens is 3. The first-order valence-corrected chi connectivity index (χ1v) is 15.3. The minimum absolute atomic E-state index is 0.0894. The summed E-state index contributed by atoms with van der Waals surface area (Å²) >= 11 is 1.86. The van der Waals surface area contributed by atoms with Gasteiger partial charge in [0.2, 0.25) is 5.95 Å². The molecule has 5 aromatic carbocycles. The van der Waals surface area contributed by atoms with Crippen LogP contribution in [-0.4, -0.2) is 20.2 Å². The number of rotatable bonds is 2. The van der Waals surface area contributed by atoms with Gasteiger partial charge in [0.25, 0.3) is 0 Å². The number of aliphatic imine (C=N–C) groups is 1. The van der Waals surface area contributed by atoms with E-state index >= 15 is 0 Å². The highest BCUT2D eigenvalue weighted by Gasteiger charge is 2.42. The average molecular weight is 567 g/mol. The second-order valence-corrected chi connectivity index (χ2v) is 12.2. The second-order valence-electron chi connectivity index (χ2n) is 11.2. The molecular weight excluding hydrogens is 545 g/mol. The molecular formula is C38H22N4S. The summed E-state index contributed by atoms with van der Waals surface area (Å²) in [6.45, 7) is 0.